The predicted molar refractivity (Wildman–Crippen MR) is 63.1 cm³/mol. The first-order valence-corrected chi connectivity index (χ1v) is 4.74. The molecule has 4 N–H and O–H groups in total. The minimum absolute atomic E-state index is 0. The lowest BCUT2D eigenvalue weighted by Crippen LogP contribution is -2.32. The Morgan fingerprint density at radius 2 is 2.00 bits per heavy atom. The third-order valence-electron chi connectivity index (χ3n) is 2.60. The smallest absolute Gasteiger partial charge is 0.165 e. The topological polar surface area (TPSA) is 66.5 Å². The summed E-state index contributed by atoms with van der Waals surface area (Å²) in [5, 5.41) is 18.6. The molecule has 1 rings (SSSR count). The van der Waals surface area contributed by atoms with Crippen LogP contribution in [0.4, 0.5) is 4.39 Å². The van der Waals surface area contributed by atoms with Gasteiger partial charge in [-0.25, -0.2) is 4.39 Å². The molecule has 0 fully saturated rings. The summed E-state index contributed by atoms with van der Waals surface area (Å²) < 4.78 is 13.1. The molecule has 0 aliphatic carbocycles. The Labute approximate surface area is 101 Å². The molecule has 16 heavy (non-hydrogen) atoms. The van der Waals surface area contributed by atoms with Crippen LogP contribution in [0.2, 0.25) is 0 Å². The van der Waals surface area contributed by atoms with Gasteiger partial charge in [-0.2, -0.15) is 0 Å². The highest BCUT2D eigenvalue weighted by Gasteiger charge is 2.29. The van der Waals surface area contributed by atoms with E-state index >= 15 is 0 Å². The molecule has 0 aliphatic heterocycles. The van der Waals surface area contributed by atoms with Crippen LogP contribution in [-0.2, 0) is 0 Å². The predicted octanol–water partition coefficient (Wildman–Crippen LogP) is 1.97. The summed E-state index contributed by atoms with van der Waals surface area (Å²) in [6, 6.07) is 3.59. The van der Waals surface area contributed by atoms with Crippen molar-refractivity contribution in [1.82, 2.24) is 0 Å². The second-order valence-electron chi connectivity index (χ2n) is 4.30. The van der Waals surface area contributed by atoms with Crippen molar-refractivity contribution in [1.29, 1.82) is 0 Å². The molecule has 0 amide bonds. The lowest BCUT2D eigenvalue weighted by molar-refractivity contribution is 0.131. The molecule has 0 saturated carbocycles. The molecule has 5 heteroatoms. The first kappa shape index (κ1) is 15.2. The number of aliphatic hydroxyl groups is 1. The van der Waals surface area contributed by atoms with E-state index in [1.54, 1.807) is 19.9 Å². The quantitative estimate of drug-likeness (QED) is 0.767. The van der Waals surface area contributed by atoms with Crippen molar-refractivity contribution in [2.45, 2.75) is 19.9 Å². The zero-order chi connectivity index (χ0) is 11.6. The van der Waals surface area contributed by atoms with Crippen LogP contribution in [-0.4, -0.2) is 16.8 Å². The average Bonchev–Trinajstić information content (AvgIpc) is 2.21. The van der Waals surface area contributed by atoms with E-state index in [0.717, 1.165) is 6.07 Å². The molecule has 0 heterocycles. The summed E-state index contributed by atoms with van der Waals surface area (Å²) in [5.74, 6) is -1.14. The molecular weight excluding hydrogens is 233 g/mol. The van der Waals surface area contributed by atoms with E-state index in [1.807, 2.05) is 0 Å². The Morgan fingerprint density at radius 1 is 1.44 bits per heavy atom. The normalized spacial score (nSPS) is 13.1. The number of nitrogens with two attached hydrogens (primary N) is 1. The molecule has 1 aromatic carbocycles. The fourth-order valence-electron chi connectivity index (χ4n) is 1.30. The third kappa shape index (κ3) is 2.84. The number of aromatic hydroxyl groups is 1. The van der Waals surface area contributed by atoms with E-state index in [0.29, 0.717) is 5.56 Å². The summed E-state index contributed by atoms with van der Waals surface area (Å²) in [6.07, 6.45) is 0. The Hall–Kier alpha value is -0.840. The lowest BCUT2D eigenvalue weighted by Gasteiger charge is -2.30. The van der Waals surface area contributed by atoms with Crippen molar-refractivity contribution in [2.24, 2.45) is 11.1 Å². The van der Waals surface area contributed by atoms with E-state index in [4.69, 9.17) is 10.8 Å². The first-order valence-electron chi connectivity index (χ1n) is 4.74. The molecule has 0 unspecified atom stereocenters. The van der Waals surface area contributed by atoms with Crippen LogP contribution in [0.3, 0.4) is 0 Å². The van der Waals surface area contributed by atoms with Crippen molar-refractivity contribution >= 4 is 12.4 Å². The Bertz CT molecular complexity index is 358. The number of hydrogen-bond acceptors (Lipinski definition) is 3. The first-order chi connectivity index (χ1) is 6.90. The highest BCUT2D eigenvalue weighted by Crippen LogP contribution is 2.36. The van der Waals surface area contributed by atoms with Gasteiger partial charge in [0.25, 0.3) is 0 Å². The number of phenolic OH excluding ortho intramolecular Hbond substituents is 1. The maximum absolute atomic E-state index is 13.1. The Balaban J connectivity index is 0.00000225. The summed E-state index contributed by atoms with van der Waals surface area (Å²) in [5.41, 5.74) is 5.57. The van der Waals surface area contributed by atoms with Crippen molar-refractivity contribution in [3.8, 4) is 5.75 Å². The molecule has 0 aliphatic rings. The van der Waals surface area contributed by atoms with Crippen LogP contribution >= 0.6 is 12.4 Å². The Kier molecular flexibility index (Phi) is 5.19. The van der Waals surface area contributed by atoms with Gasteiger partial charge < -0.3 is 15.9 Å². The molecule has 1 aromatic rings. The van der Waals surface area contributed by atoms with Crippen molar-refractivity contribution in [3.05, 3.63) is 29.6 Å². The van der Waals surface area contributed by atoms with Crippen LogP contribution in [0.25, 0.3) is 0 Å². The van der Waals surface area contributed by atoms with Crippen LogP contribution in [0.5, 0.6) is 5.75 Å². The van der Waals surface area contributed by atoms with Crippen LogP contribution in [0.15, 0.2) is 18.2 Å². The SMILES string of the molecule is CC(C)(CO)[C@@H](N)c1cccc(F)c1O.Cl. The van der Waals surface area contributed by atoms with Gasteiger partial charge in [0, 0.05) is 23.6 Å². The zero-order valence-corrected chi connectivity index (χ0v) is 10.1. The minimum Gasteiger partial charge on any atom is -0.505 e. The van der Waals surface area contributed by atoms with E-state index in [2.05, 4.69) is 0 Å². The molecular formula is C11H17ClFNO2. The number of benzene rings is 1. The molecule has 0 radical (unpaired) electrons. The van der Waals surface area contributed by atoms with Crippen LogP contribution in [0, 0.1) is 11.2 Å². The fraction of sp³-hybridized carbons (Fsp3) is 0.455. The maximum Gasteiger partial charge on any atom is 0.165 e. The van der Waals surface area contributed by atoms with Crippen molar-refractivity contribution < 1.29 is 14.6 Å². The average molecular weight is 250 g/mol. The standard InChI is InChI=1S/C11H16FNO2.ClH/c1-11(2,6-14)10(13)7-4-3-5-8(12)9(7)15;/h3-5,10,14-15H,6,13H2,1-2H3;1H/t10-;/m0./s1. The number of hydrogen-bond donors (Lipinski definition) is 3. The van der Waals surface area contributed by atoms with Gasteiger partial charge in [0.2, 0.25) is 0 Å². The molecule has 0 aromatic heterocycles. The largest absolute Gasteiger partial charge is 0.505 e. The monoisotopic (exact) mass is 249 g/mol. The van der Waals surface area contributed by atoms with E-state index in [9.17, 15) is 9.50 Å². The maximum atomic E-state index is 13.1. The number of para-hydroxylation sites is 1. The summed E-state index contributed by atoms with van der Waals surface area (Å²) in [7, 11) is 0. The van der Waals surface area contributed by atoms with Gasteiger partial charge in [-0.15, -0.1) is 12.4 Å². The van der Waals surface area contributed by atoms with Crippen LogP contribution in [0.1, 0.15) is 25.5 Å². The van der Waals surface area contributed by atoms with Gasteiger partial charge in [0.15, 0.2) is 11.6 Å². The molecule has 3 nitrogen and oxygen atoms in total. The van der Waals surface area contributed by atoms with Gasteiger partial charge >= 0.3 is 0 Å². The molecule has 0 saturated heterocycles. The number of halogens is 2. The van der Waals surface area contributed by atoms with E-state index in [-0.39, 0.29) is 19.0 Å². The Morgan fingerprint density at radius 3 is 2.50 bits per heavy atom. The summed E-state index contributed by atoms with van der Waals surface area (Å²) in [4.78, 5) is 0. The van der Waals surface area contributed by atoms with Gasteiger partial charge in [0.05, 0.1) is 0 Å². The van der Waals surface area contributed by atoms with Crippen molar-refractivity contribution in [2.75, 3.05) is 6.61 Å². The minimum atomic E-state index is -0.698. The number of phenols is 1. The lowest BCUT2D eigenvalue weighted by atomic mass is 9.81. The number of rotatable bonds is 3. The zero-order valence-electron chi connectivity index (χ0n) is 9.27. The van der Waals surface area contributed by atoms with E-state index in [1.165, 1.54) is 6.07 Å². The molecule has 0 bridgehead atoms. The second kappa shape index (κ2) is 5.48. The van der Waals surface area contributed by atoms with Gasteiger partial charge in [-0.1, -0.05) is 26.0 Å². The van der Waals surface area contributed by atoms with E-state index < -0.39 is 23.0 Å². The summed E-state index contributed by atoms with van der Waals surface area (Å²) in [6.45, 7) is 3.37. The van der Waals surface area contributed by atoms with Gasteiger partial charge in [0.1, 0.15) is 0 Å². The van der Waals surface area contributed by atoms with Crippen LogP contribution < -0.4 is 5.73 Å². The summed E-state index contributed by atoms with van der Waals surface area (Å²) >= 11 is 0. The van der Waals surface area contributed by atoms with Crippen molar-refractivity contribution in [3.63, 3.8) is 0 Å². The molecule has 0 spiro atoms. The second-order valence-corrected chi connectivity index (χ2v) is 4.30. The fourth-order valence-corrected chi connectivity index (χ4v) is 1.30. The third-order valence-corrected chi connectivity index (χ3v) is 2.60. The van der Waals surface area contributed by atoms with Gasteiger partial charge in [-0.05, 0) is 6.07 Å². The molecule has 92 valence electrons. The van der Waals surface area contributed by atoms with Gasteiger partial charge in [-0.3, -0.25) is 0 Å². The molecule has 1 atom stereocenters. The highest BCUT2D eigenvalue weighted by molar-refractivity contribution is 5.85. The number of aliphatic hydroxyl groups excluding tert-OH is 1. The highest BCUT2D eigenvalue weighted by atomic mass is 35.5.